The number of benzene rings is 1. The van der Waals surface area contributed by atoms with Crippen molar-refractivity contribution in [2.75, 3.05) is 31.1 Å². The van der Waals surface area contributed by atoms with Crippen molar-refractivity contribution in [3.63, 3.8) is 0 Å². The highest BCUT2D eigenvalue weighted by molar-refractivity contribution is 7.91. The highest BCUT2D eigenvalue weighted by atomic mass is 32.2. The van der Waals surface area contributed by atoms with Crippen LogP contribution < -0.4 is 5.73 Å². The van der Waals surface area contributed by atoms with Crippen molar-refractivity contribution >= 4 is 15.5 Å². The number of likely N-dealkylation sites (tertiary alicyclic amines) is 1. The number of nitrogen functional groups attached to an aromatic ring is 1. The van der Waals surface area contributed by atoms with Crippen LogP contribution in [0.25, 0.3) is 0 Å². The summed E-state index contributed by atoms with van der Waals surface area (Å²) in [6.45, 7) is 3.10. The third-order valence-electron chi connectivity index (χ3n) is 3.30. The van der Waals surface area contributed by atoms with Gasteiger partial charge in [-0.25, -0.2) is 8.42 Å². The minimum atomic E-state index is -3.18. The van der Waals surface area contributed by atoms with E-state index in [1.165, 1.54) is 18.9 Å². The van der Waals surface area contributed by atoms with Crippen molar-refractivity contribution < 1.29 is 8.42 Å². The van der Waals surface area contributed by atoms with Gasteiger partial charge in [0.05, 0.1) is 10.6 Å². The summed E-state index contributed by atoms with van der Waals surface area (Å²) < 4.78 is 24.2. The Kier molecular flexibility index (Phi) is 4.24. The summed E-state index contributed by atoms with van der Waals surface area (Å²) in [4.78, 5) is 2.67. The zero-order valence-electron chi connectivity index (χ0n) is 10.5. The molecule has 0 spiro atoms. The van der Waals surface area contributed by atoms with Gasteiger partial charge in [0.15, 0.2) is 9.84 Å². The zero-order valence-corrected chi connectivity index (χ0v) is 11.3. The summed E-state index contributed by atoms with van der Waals surface area (Å²) in [5.41, 5.74) is 6.11. The van der Waals surface area contributed by atoms with Crippen molar-refractivity contribution in [3.05, 3.63) is 24.3 Å². The normalized spacial score (nSPS) is 17.1. The van der Waals surface area contributed by atoms with Crippen LogP contribution in [0.4, 0.5) is 5.69 Å². The molecule has 0 amide bonds. The van der Waals surface area contributed by atoms with Crippen LogP contribution in [-0.4, -0.2) is 38.7 Å². The first-order valence-corrected chi connectivity index (χ1v) is 8.04. The lowest BCUT2D eigenvalue weighted by atomic mass is 10.3. The number of hydrogen-bond acceptors (Lipinski definition) is 4. The van der Waals surface area contributed by atoms with Crippen LogP contribution in [0, 0.1) is 0 Å². The van der Waals surface area contributed by atoms with E-state index >= 15 is 0 Å². The Bertz CT molecular complexity index is 493. The first-order chi connectivity index (χ1) is 8.58. The molecule has 0 radical (unpaired) electrons. The van der Waals surface area contributed by atoms with Gasteiger partial charge in [0.25, 0.3) is 0 Å². The molecule has 1 aliphatic rings. The van der Waals surface area contributed by atoms with E-state index in [1.54, 1.807) is 18.2 Å². The molecule has 0 unspecified atom stereocenters. The molecule has 4 nitrogen and oxygen atoms in total. The predicted octanol–water partition coefficient (Wildman–Crippen LogP) is 1.53. The second-order valence-electron chi connectivity index (χ2n) is 4.79. The molecular formula is C13H20N2O2S. The van der Waals surface area contributed by atoms with Crippen LogP contribution in [0.15, 0.2) is 29.2 Å². The van der Waals surface area contributed by atoms with E-state index in [-0.39, 0.29) is 5.75 Å². The highest BCUT2D eigenvalue weighted by Gasteiger charge is 2.16. The molecule has 0 aliphatic carbocycles. The Morgan fingerprint density at radius 3 is 2.61 bits per heavy atom. The summed E-state index contributed by atoms with van der Waals surface area (Å²) in [7, 11) is -3.18. The largest absolute Gasteiger partial charge is 0.399 e. The SMILES string of the molecule is Nc1cccc(S(=O)(=O)CCCN2CCCC2)c1. The first-order valence-electron chi connectivity index (χ1n) is 6.38. The Balaban J connectivity index is 1.90. The van der Waals surface area contributed by atoms with Crippen LogP contribution in [0.5, 0.6) is 0 Å². The van der Waals surface area contributed by atoms with Gasteiger partial charge in [-0.1, -0.05) is 6.07 Å². The summed E-state index contributed by atoms with van der Waals surface area (Å²) in [6, 6.07) is 6.53. The average molecular weight is 268 g/mol. The quantitative estimate of drug-likeness (QED) is 0.823. The smallest absolute Gasteiger partial charge is 0.178 e. The van der Waals surface area contributed by atoms with Crippen molar-refractivity contribution in [2.45, 2.75) is 24.2 Å². The van der Waals surface area contributed by atoms with Gasteiger partial charge in [0.2, 0.25) is 0 Å². The lowest BCUT2D eigenvalue weighted by molar-refractivity contribution is 0.340. The molecule has 1 aromatic rings. The summed E-state index contributed by atoms with van der Waals surface area (Å²) in [6.07, 6.45) is 3.17. The van der Waals surface area contributed by atoms with E-state index in [1.807, 2.05) is 0 Å². The predicted molar refractivity (Wildman–Crippen MR) is 73.2 cm³/mol. The molecule has 5 heteroatoms. The van der Waals surface area contributed by atoms with Crippen molar-refractivity contribution in [1.82, 2.24) is 4.90 Å². The molecule has 1 aliphatic heterocycles. The lowest BCUT2D eigenvalue weighted by Gasteiger charge is -2.14. The van der Waals surface area contributed by atoms with Crippen molar-refractivity contribution in [2.24, 2.45) is 0 Å². The average Bonchev–Trinajstić information content (AvgIpc) is 2.82. The molecule has 18 heavy (non-hydrogen) atoms. The Morgan fingerprint density at radius 1 is 1.22 bits per heavy atom. The number of anilines is 1. The first kappa shape index (κ1) is 13.4. The Morgan fingerprint density at radius 2 is 1.94 bits per heavy atom. The van der Waals surface area contributed by atoms with Crippen LogP contribution in [-0.2, 0) is 9.84 Å². The second-order valence-corrected chi connectivity index (χ2v) is 6.90. The number of nitrogens with zero attached hydrogens (tertiary/aromatic N) is 1. The van der Waals surface area contributed by atoms with Gasteiger partial charge in [-0.05, 0) is 57.1 Å². The van der Waals surface area contributed by atoms with Crippen LogP contribution in [0.3, 0.4) is 0 Å². The number of rotatable bonds is 5. The van der Waals surface area contributed by atoms with E-state index in [4.69, 9.17) is 5.73 Å². The molecule has 0 saturated carbocycles. The summed E-state index contributed by atoms with van der Waals surface area (Å²) in [5, 5.41) is 0. The molecule has 1 aromatic carbocycles. The molecule has 1 fully saturated rings. The fraction of sp³-hybridized carbons (Fsp3) is 0.538. The second kappa shape index (κ2) is 5.71. The lowest BCUT2D eigenvalue weighted by Crippen LogP contribution is -2.22. The topological polar surface area (TPSA) is 63.4 Å². The third kappa shape index (κ3) is 3.46. The molecule has 100 valence electrons. The van der Waals surface area contributed by atoms with E-state index in [0.717, 1.165) is 19.6 Å². The fourth-order valence-corrected chi connectivity index (χ4v) is 3.66. The number of hydrogen-bond donors (Lipinski definition) is 1. The van der Waals surface area contributed by atoms with Gasteiger partial charge in [-0.3, -0.25) is 0 Å². The van der Waals surface area contributed by atoms with E-state index < -0.39 is 9.84 Å². The van der Waals surface area contributed by atoms with Crippen LogP contribution in [0.1, 0.15) is 19.3 Å². The van der Waals surface area contributed by atoms with Gasteiger partial charge in [-0.15, -0.1) is 0 Å². The Labute approximate surface area is 109 Å². The molecule has 2 rings (SSSR count). The summed E-state index contributed by atoms with van der Waals surface area (Å²) >= 11 is 0. The molecule has 0 aromatic heterocycles. The van der Waals surface area contributed by atoms with Gasteiger partial charge in [0.1, 0.15) is 0 Å². The molecule has 1 saturated heterocycles. The van der Waals surface area contributed by atoms with Gasteiger partial charge in [0, 0.05) is 5.69 Å². The minimum Gasteiger partial charge on any atom is -0.399 e. The standard InChI is InChI=1S/C13H20N2O2S/c14-12-5-3-6-13(11-12)18(16,17)10-4-9-15-7-1-2-8-15/h3,5-6,11H,1-2,4,7-10,14H2. The number of sulfone groups is 1. The minimum absolute atomic E-state index is 0.201. The molecule has 0 bridgehead atoms. The maximum Gasteiger partial charge on any atom is 0.178 e. The third-order valence-corrected chi connectivity index (χ3v) is 5.10. The van der Waals surface area contributed by atoms with Crippen molar-refractivity contribution in [1.29, 1.82) is 0 Å². The van der Waals surface area contributed by atoms with Crippen LogP contribution >= 0.6 is 0 Å². The van der Waals surface area contributed by atoms with E-state index in [9.17, 15) is 8.42 Å². The van der Waals surface area contributed by atoms with E-state index in [2.05, 4.69) is 4.90 Å². The summed E-state index contributed by atoms with van der Waals surface area (Å²) in [5.74, 6) is 0.201. The molecule has 1 heterocycles. The molecule has 2 N–H and O–H groups in total. The van der Waals surface area contributed by atoms with Gasteiger partial charge >= 0.3 is 0 Å². The van der Waals surface area contributed by atoms with Gasteiger partial charge in [-0.2, -0.15) is 0 Å². The number of nitrogens with two attached hydrogens (primary N) is 1. The van der Waals surface area contributed by atoms with Crippen molar-refractivity contribution in [3.8, 4) is 0 Å². The zero-order chi connectivity index (χ0) is 13.0. The monoisotopic (exact) mass is 268 g/mol. The highest BCUT2D eigenvalue weighted by Crippen LogP contribution is 2.16. The Hall–Kier alpha value is -1.07. The fourth-order valence-electron chi connectivity index (χ4n) is 2.31. The van der Waals surface area contributed by atoms with Gasteiger partial charge < -0.3 is 10.6 Å². The maximum absolute atomic E-state index is 12.1. The molecular weight excluding hydrogens is 248 g/mol. The molecule has 0 atom stereocenters. The van der Waals surface area contributed by atoms with Crippen LogP contribution in [0.2, 0.25) is 0 Å². The maximum atomic E-state index is 12.1. The van der Waals surface area contributed by atoms with E-state index in [0.29, 0.717) is 17.0 Å².